The van der Waals surface area contributed by atoms with Crippen molar-refractivity contribution in [2.45, 2.75) is 25.2 Å². The zero-order chi connectivity index (χ0) is 28.9. The number of aromatic nitrogens is 3. The lowest BCUT2D eigenvalue weighted by Crippen LogP contribution is -2.13. The van der Waals surface area contributed by atoms with Crippen LogP contribution in [0.5, 0.6) is 17.2 Å². The number of ether oxygens (including phenoxy) is 3. The summed E-state index contributed by atoms with van der Waals surface area (Å²) in [4.78, 5) is 13.1. The number of nitrogens with two attached hydrogens (primary N) is 1. The topological polar surface area (TPSA) is 176 Å². The second kappa shape index (κ2) is 11.9. The third-order valence-corrected chi connectivity index (χ3v) is 7.00. The lowest BCUT2D eigenvalue weighted by atomic mass is 10.1. The van der Waals surface area contributed by atoms with E-state index in [4.69, 9.17) is 24.5 Å². The summed E-state index contributed by atoms with van der Waals surface area (Å²) in [6, 6.07) is 11.3. The van der Waals surface area contributed by atoms with Gasteiger partial charge in [-0.1, -0.05) is 5.16 Å². The fraction of sp³-hybridized carbons (Fsp3) is 0.231. The van der Waals surface area contributed by atoms with Crippen LogP contribution in [-0.2, 0) is 16.4 Å². The van der Waals surface area contributed by atoms with Gasteiger partial charge < -0.3 is 29.8 Å². The number of sulfonamides is 1. The van der Waals surface area contributed by atoms with Gasteiger partial charge in [-0.05, 0) is 55.8 Å². The molecule has 0 fully saturated rings. The molecule has 0 aliphatic rings. The normalized spacial score (nSPS) is 11.7. The number of hydrogen-bond donors (Lipinski definition) is 3. The smallest absolute Gasteiger partial charge is 0.263 e. The van der Waals surface area contributed by atoms with E-state index in [-0.39, 0.29) is 22.5 Å². The van der Waals surface area contributed by atoms with Gasteiger partial charge in [-0.15, -0.1) is 0 Å². The minimum Gasteiger partial charge on any atom is -0.493 e. The molecule has 0 bridgehead atoms. The number of aryl methyl sites for hydroxylation is 1. The Morgan fingerprint density at radius 2 is 1.73 bits per heavy atom. The summed E-state index contributed by atoms with van der Waals surface area (Å²) in [5.74, 6) is 3.09. The minimum absolute atomic E-state index is 0.0621. The average molecular weight is 568 g/mol. The Kier molecular flexibility index (Phi) is 8.38. The molecule has 2 heterocycles. The van der Waals surface area contributed by atoms with E-state index < -0.39 is 10.0 Å². The van der Waals surface area contributed by atoms with Crippen molar-refractivity contribution >= 4 is 39.1 Å². The number of amidine groups is 1. The highest BCUT2D eigenvalue weighted by Crippen LogP contribution is 2.39. The van der Waals surface area contributed by atoms with Crippen molar-refractivity contribution in [2.75, 3.05) is 37.1 Å². The summed E-state index contributed by atoms with van der Waals surface area (Å²) in [5, 5.41) is 6.73. The molecule has 4 N–H and O–H groups in total. The molecule has 0 amide bonds. The van der Waals surface area contributed by atoms with E-state index >= 15 is 0 Å². The fourth-order valence-corrected chi connectivity index (χ4v) is 4.76. The van der Waals surface area contributed by atoms with Crippen molar-refractivity contribution in [2.24, 2.45) is 4.99 Å². The second-order valence-electron chi connectivity index (χ2n) is 8.57. The molecule has 13 nitrogen and oxygen atoms in total. The zero-order valence-corrected chi connectivity index (χ0v) is 23.4. The van der Waals surface area contributed by atoms with E-state index in [9.17, 15) is 8.42 Å². The van der Waals surface area contributed by atoms with Crippen LogP contribution in [0.3, 0.4) is 0 Å². The molecule has 40 heavy (non-hydrogen) atoms. The molecular formula is C26H29N7O6S. The highest BCUT2D eigenvalue weighted by Gasteiger charge is 2.17. The van der Waals surface area contributed by atoms with Gasteiger partial charge in [0.2, 0.25) is 5.75 Å². The molecule has 4 aromatic rings. The Morgan fingerprint density at radius 1 is 1.05 bits per heavy atom. The SMILES string of the molecule is COc1cc(Cc2cnc(/N=C(\C)Nc3ccc(S(=O)(=O)Nc4cc(C)on4)cc3)nc2N)cc(OC)c1OC. The number of methoxy groups -OCH3 is 3. The first-order valence-electron chi connectivity index (χ1n) is 11.9. The van der Waals surface area contributed by atoms with E-state index in [2.05, 4.69) is 30.2 Å². The third-order valence-electron chi connectivity index (χ3n) is 5.63. The highest BCUT2D eigenvalue weighted by molar-refractivity contribution is 7.92. The highest BCUT2D eigenvalue weighted by atomic mass is 32.2. The molecule has 0 saturated heterocycles. The summed E-state index contributed by atoms with van der Waals surface area (Å²) in [6.45, 7) is 3.39. The lowest BCUT2D eigenvalue weighted by Gasteiger charge is -2.14. The maximum absolute atomic E-state index is 12.6. The predicted molar refractivity (Wildman–Crippen MR) is 150 cm³/mol. The molecule has 0 radical (unpaired) electrons. The number of rotatable bonds is 10. The summed E-state index contributed by atoms with van der Waals surface area (Å²) in [7, 11) is 0.826. The Morgan fingerprint density at radius 3 is 2.27 bits per heavy atom. The molecule has 2 aromatic carbocycles. The molecule has 0 unspecified atom stereocenters. The van der Waals surface area contributed by atoms with Crippen LogP contribution in [0.1, 0.15) is 23.8 Å². The van der Waals surface area contributed by atoms with Gasteiger partial charge in [0, 0.05) is 29.9 Å². The zero-order valence-electron chi connectivity index (χ0n) is 22.5. The Balaban J connectivity index is 1.44. The van der Waals surface area contributed by atoms with Crippen LogP contribution in [0.15, 0.2) is 63.1 Å². The standard InChI is InChI=1S/C26H29N7O6S/c1-15-10-23(32-39-15)33-40(34,35)20-8-6-19(7-9-20)29-16(2)30-26-28-14-18(25(27)31-26)11-17-12-21(36-3)24(38-5)22(13-17)37-4/h6-10,12-14H,11H2,1-5H3,(H,32,33)(H3,27,28,29,30,31). The average Bonchev–Trinajstić information content (AvgIpc) is 3.33. The van der Waals surface area contributed by atoms with E-state index in [0.29, 0.717) is 46.5 Å². The molecule has 0 saturated carbocycles. The van der Waals surface area contributed by atoms with Gasteiger partial charge in [0.1, 0.15) is 17.4 Å². The number of nitrogens with one attached hydrogen (secondary N) is 2. The second-order valence-corrected chi connectivity index (χ2v) is 10.2. The molecule has 14 heteroatoms. The molecule has 0 spiro atoms. The minimum atomic E-state index is -3.82. The van der Waals surface area contributed by atoms with Crippen molar-refractivity contribution < 1.29 is 27.2 Å². The van der Waals surface area contributed by atoms with Crippen LogP contribution in [0.25, 0.3) is 0 Å². The van der Waals surface area contributed by atoms with Crippen LogP contribution in [0.2, 0.25) is 0 Å². The largest absolute Gasteiger partial charge is 0.493 e. The first kappa shape index (κ1) is 28.2. The van der Waals surface area contributed by atoms with Crippen molar-refractivity contribution in [3.05, 3.63) is 65.5 Å². The molecule has 210 valence electrons. The lowest BCUT2D eigenvalue weighted by molar-refractivity contribution is 0.324. The van der Waals surface area contributed by atoms with E-state index in [0.717, 1.165) is 5.56 Å². The Bertz CT molecular complexity index is 1610. The number of nitrogens with zero attached hydrogens (tertiary/aromatic N) is 4. The Hall–Kier alpha value is -4.85. The first-order chi connectivity index (χ1) is 19.1. The monoisotopic (exact) mass is 567 g/mol. The van der Waals surface area contributed by atoms with Gasteiger partial charge in [-0.25, -0.2) is 13.4 Å². The van der Waals surface area contributed by atoms with Crippen LogP contribution in [-0.4, -0.2) is 50.7 Å². The maximum atomic E-state index is 12.6. The number of benzene rings is 2. The van der Waals surface area contributed by atoms with Crippen LogP contribution in [0, 0.1) is 6.92 Å². The van der Waals surface area contributed by atoms with Gasteiger partial charge in [0.15, 0.2) is 17.3 Å². The number of hydrogen-bond acceptors (Lipinski definition) is 11. The number of aliphatic imine (C=N–C) groups is 1. The number of nitrogen functional groups attached to an aromatic ring is 1. The molecule has 4 rings (SSSR count). The van der Waals surface area contributed by atoms with Gasteiger partial charge in [-0.3, -0.25) is 4.72 Å². The third kappa shape index (κ3) is 6.58. The molecule has 0 atom stereocenters. The van der Waals surface area contributed by atoms with Crippen LogP contribution < -0.4 is 30.0 Å². The maximum Gasteiger partial charge on any atom is 0.263 e. The summed E-state index contributed by atoms with van der Waals surface area (Å²) in [6.07, 6.45) is 2.05. The van der Waals surface area contributed by atoms with Crippen molar-refractivity contribution in [3.8, 4) is 17.2 Å². The quantitative estimate of drug-likeness (QED) is 0.187. The van der Waals surface area contributed by atoms with Gasteiger partial charge in [0.05, 0.1) is 26.2 Å². The summed E-state index contributed by atoms with van der Waals surface area (Å²) >= 11 is 0. The van der Waals surface area contributed by atoms with Crippen molar-refractivity contribution in [3.63, 3.8) is 0 Å². The van der Waals surface area contributed by atoms with Gasteiger partial charge in [-0.2, -0.15) is 9.98 Å². The number of anilines is 3. The first-order valence-corrected chi connectivity index (χ1v) is 13.4. The van der Waals surface area contributed by atoms with E-state index in [1.54, 1.807) is 53.5 Å². The van der Waals surface area contributed by atoms with E-state index in [1.807, 2.05) is 12.1 Å². The van der Waals surface area contributed by atoms with Crippen LogP contribution in [0.4, 0.5) is 23.3 Å². The molecular weight excluding hydrogens is 538 g/mol. The molecule has 0 aliphatic heterocycles. The predicted octanol–water partition coefficient (Wildman–Crippen LogP) is 3.93. The summed E-state index contributed by atoms with van der Waals surface area (Å²) in [5.41, 5.74) is 8.39. The van der Waals surface area contributed by atoms with Crippen molar-refractivity contribution in [1.82, 2.24) is 15.1 Å². The van der Waals surface area contributed by atoms with E-state index in [1.165, 1.54) is 18.2 Å². The molecule has 2 aromatic heterocycles. The fourth-order valence-electron chi connectivity index (χ4n) is 3.77. The summed E-state index contributed by atoms with van der Waals surface area (Å²) < 4.78 is 48.6. The van der Waals surface area contributed by atoms with Crippen molar-refractivity contribution in [1.29, 1.82) is 0 Å². The Labute approximate surface area is 231 Å². The van der Waals surface area contributed by atoms with Crippen LogP contribution >= 0.6 is 0 Å². The molecule has 0 aliphatic carbocycles. The van der Waals surface area contributed by atoms with Gasteiger partial charge >= 0.3 is 0 Å². The van der Waals surface area contributed by atoms with Gasteiger partial charge in [0.25, 0.3) is 16.0 Å².